The van der Waals surface area contributed by atoms with E-state index in [9.17, 15) is 9.90 Å². The van der Waals surface area contributed by atoms with Crippen molar-refractivity contribution in [3.63, 3.8) is 0 Å². The van der Waals surface area contributed by atoms with Crippen molar-refractivity contribution in [3.05, 3.63) is 53.6 Å². The van der Waals surface area contributed by atoms with E-state index >= 15 is 0 Å². The minimum Gasteiger partial charge on any atom is -0.497 e. The van der Waals surface area contributed by atoms with E-state index in [0.717, 1.165) is 18.5 Å². The molecular formula is C19H23N3O3. The first-order valence-corrected chi connectivity index (χ1v) is 8.28. The summed E-state index contributed by atoms with van der Waals surface area (Å²) in [5, 5.41) is 15.8. The van der Waals surface area contributed by atoms with Gasteiger partial charge in [-0.3, -0.25) is 0 Å². The molecule has 2 amide bonds. The molecule has 1 unspecified atom stereocenters. The van der Waals surface area contributed by atoms with Crippen LogP contribution in [-0.2, 0) is 6.42 Å². The van der Waals surface area contributed by atoms with Crippen molar-refractivity contribution >= 4 is 17.4 Å². The van der Waals surface area contributed by atoms with Crippen LogP contribution in [0.3, 0.4) is 0 Å². The maximum Gasteiger partial charge on any atom is 0.319 e. The van der Waals surface area contributed by atoms with Gasteiger partial charge in [-0.15, -0.1) is 0 Å². The Morgan fingerprint density at radius 3 is 2.96 bits per heavy atom. The summed E-state index contributed by atoms with van der Waals surface area (Å²) in [6.07, 6.45) is 0.239. The van der Waals surface area contributed by atoms with Crippen LogP contribution < -0.4 is 20.3 Å². The zero-order valence-electron chi connectivity index (χ0n) is 14.5. The van der Waals surface area contributed by atoms with Gasteiger partial charge >= 0.3 is 6.03 Å². The quantitative estimate of drug-likeness (QED) is 0.781. The Balaban J connectivity index is 1.55. The van der Waals surface area contributed by atoms with Gasteiger partial charge in [0.05, 0.1) is 13.2 Å². The minimum atomic E-state index is -0.743. The highest BCUT2D eigenvalue weighted by Crippen LogP contribution is 2.29. The highest BCUT2D eigenvalue weighted by molar-refractivity contribution is 5.89. The van der Waals surface area contributed by atoms with Crippen LogP contribution in [0.25, 0.3) is 0 Å². The number of nitrogens with zero attached hydrogens (tertiary/aromatic N) is 1. The van der Waals surface area contributed by atoms with Crippen LogP contribution in [0.15, 0.2) is 42.5 Å². The van der Waals surface area contributed by atoms with Crippen LogP contribution in [0.1, 0.15) is 17.2 Å². The lowest BCUT2D eigenvalue weighted by Gasteiger charge is -2.16. The molecule has 3 N–H and O–H groups in total. The second kappa shape index (κ2) is 7.44. The summed E-state index contributed by atoms with van der Waals surface area (Å²) in [6.45, 7) is 1.14. The summed E-state index contributed by atoms with van der Waals surface area (Å²) >= 11 is 0. The molecule has 0 fully saturated rings. The lowest BCUT2D eigenvalue weighted by molar-refractivity contribution is 0.175. The van der Waals surface area contributed by atoms with Gasteiger partial charge in [-0.05, 0) is 35.7 Å². The van der Waals surface area contributed by atoms with Gasteiger partial charge in [0.15, 0.2) is 0 Å². The number of amides is 2. The third-order valence-electron chi connectivity index (χ3n) is 4.40. The molecule has 2 aromatic rings. The molecule has 0 aliphatic carbocycles. The molecule has 0 saturated carbocycles. The largest absolute Gasteiger partial charge is 0.497 e. The number of rotatable bonds is 5. The van der Waals surface area contributed by atoms with Crippen molar-refractivity contribution in [1.82, 2.24) is 5.32 Å². The summed E-state index contributed by atoms with van der Waals surface area (Å²) in [7, 11) is 3.64. The van der Waals surface area contributed by atoms with Gasteiger partial charge in [-0.1, -0.05) is 18.2 Å². The van der Waals surface area contributed by atoms with E-state index in [1.54, 1.807) is 31.4 Å². The number of ether oxygens (including phenoxy) is 1. The first-order chi connectivity index (χ1) is 12.1. The summed E-state index contributed by atoms with van der Waals surface area (Å²) in [5.74, 6) is 0.668. The molecule has 132 valence electrons. The third kappa shape index (κ3) is 4.03. The maximum absolute atomic E-state index is 12.0. The second-order valence-corrected chi connectivity index (χ2v) is 6.14. The zero-order valence-corrected chi connectivity index (χ0v) is 14.5. The van der Waals surface area contributed by atoms with Gasteiger partial charge in [-0.25, -0.2) is 4.79 Å². The van der Waals surface area contributed by atoms with Crippen LogP contribution in [-0.4, -0.2) is 38.4 Å². The summed E-state index contributed by atoms with van der Waals surface area (Å²) in [6, 6.07) is 12.7. The van der Waals surface area contributed by atoms with Crippen molar-refractivity contribution < 1.29 is 14.6 Å². The van der Waals surface area contributed by atoms with E-state index in [2.05, 4.69) is 22.6 Å². The monoisotopic (exact) mass is 341 g/mol. The molecule has 25 heavy (non-hydrogen) atoms. The van der Waals surface area contributed by atoms with E-state index < -0.39 is 6.10 Å². The lowest BCUT2D eigenvalue weighted by atomic mass is 10.0. The van der Waals surface area contributed by atoms with Gasteiger partial charge in [0, 0.05) is 37.6 Å². The van der Waals surface area contributed by atoms with Crippen LogP contribution >= 0.6 is 0 Å². The van der Waals surface area contributed by atoms with E-state index in [1.165, 1.54) is 11.3 Å². The van der Waals surface area contributed by atoms with Crippen LogP contribution in [0.2, 0.25) is 0 Å². The fourth-order valence-corrected chi connectivity index (χ4v) is 2.98. The molecule has 0 radical (unpaired) electrons. The van der Waals surface area contributed by atoms with Crippen molar-refractivity contribution in [1.29, 1.82) is 0 Å². The minimum absolute atomic E-state index is 0.143. The Labute approximate surface area is 147 Å². The Kier molecular flexibility index (Phi) is 5.09. The van der Waals surface area contributed by atoms with Gasteiger partial charge in [0.1, 0.15) is 5.75 Å². The fraction of sp³-hybridized carbons (Fsp3) is 0.316. The normalized spacial score (nSPS) is 14.0. The smallest absolute Gasteiger partial charge is 0.319 e. The summed E-state index contributed by atoms with van der Waals surface area (Å²) in [5.41, 5.74) is 3.89. The lowest BCUT2D eigenvalue weighted by Crippen LogP contribution is -2.32. The molecule has 1 atom stereocenters. The van der Waals surface area contributed by atoms with E-state index in [4.69, 9.17) is 4.74 Å². The van der Waals surface area contributed by atoms with Crippen molar-refractivity contribution in [2.45, 2.75) is 12.5 Å². The molecule has 1 heterocycles. The van der Waals surface area contributed by atoms with Gasteiger partial charge in [0.25, 0.3) is 0 Å². The van der Waals surface area contributed by atoms with Crippen molar-refractivity contribution in [2.75, 3.05) is 37.5 Å². The van der Waals surface area contributed by atoms with Crippen LogP contribution in [0.5, 0.6) is 5.75 Å². The molecule has 2 aromatic carbocycles. The van der Waals surface area contributed by atoms with Gasteiger partial charge in [0.2, 0.25) is 0 Å². The second-order valence-electron chi connectivity index (χ2n) is 6.14. The first-order valence-electron chi connectivity index (χ1n) is 8.28. The molecule has 0 saturated heterocycles. The SMILES string of the molecule is COc1cccc(NC(=O)NCC(O)c2ccc3c(c2)CCN3C)c1. The van der Waals surface area contributed by atoms with E-state index in [1.807, 2.05) is 18.2 Å². The molecule has 1 aliphatic heterocycles. The summed E-state index contributed by atoms with van der Waals surface area (Å²) in [4.78, 5) is 14.2. The number of hydrogen-bond acceptors (Lipinski definition) is 4. The Morgan fingerprint density at radius 1 is 1.32 bits per heavy atom. The molecule has 3 rings (SSSR count). The average molecular weight is 341 g/mol. The number of aliphatic hydroxyl groups is 1. The number of carbonyl (C=O) groups excluding carboxylic acids is 1. The van der Waals surface area contributed by atoms with Crippen LogP contribution in [0, 0.1) is 0 Å². The molecule has 0 spiro atoms. The molecule has 1 aliphatic rings. The average Bonchev–Trinajstić information content (AvgIpc) is 3.00. The van der Waals surface area contributed by atoms with E-state index in [-0.39, 0.29) is 12.6 Å². The number of nitrogens with one attached hydrogen (secondary N) is 2. The number of carbonyl (C=O) groups is 1. The number of likely N-dealkylation sites (N-methyl/N-ethyl adjacent to an activating group) is 1. The predicted octanol–water partition coefficient (Wildman–Crippen LogP) is 2.54. The Bertz CT molecular complexity index is 763. The predicted molar refractivity (Wildman–Crippen MR) is 98.4 cm³/mol. The molecular weight excluding hydrogens is 318 g/mol. The van der Waals surface area contributed by atoms with E-state index in [0.29, 0.717) is 11.4 Å². The van der Waals surface area contributed by atoms with Crippen LogP contribution in [0.4, 0.5) is 16.2 Å². The number of anilines is 2. The standard InChI is InChI=1S/C19H23N3O3/c1-22-9-8-13-10-14(6-7-17(13)22)18(23)12-20-19(24)21-15-4-3-5-16(11-15)25-2/h3-7,10-11,18,23H,8-9,12H2,1-2H3,(H2,20,21,24). The van der Waals surface area contributed by atoms with Gasteiger partial charge in [-0.2, -0.15) is 0 Å². The maximum atomic E-state index is 12.0. The Morgan fingerprint density at radius 2 is 2.16 bits per heavy atom. The summed E-state index contributed by atoms with van der Waals surface area (Å²) < 4.78 is 5.12. The molecule has 0 aromatic heterocycles. The topological polar surface area (TPSA) is 73.8 Å². The third-order valence-corrected chi connectivity index (χ3v) is 4.40. The number of methoxy groups -OCH3 is 1. The highest BCUT2D eigenvalue weighted by atomic mass is 16.5. The Hall–Kier alpha value is -2.73. The molecule has 0 bridgehead atoms. The molecule has 6 heteroatoms. The first kappa shape index (κ1) is 17.1. The number of benzene rings is 2. The van der Waals surface area contributed by atoms with Gasteiger partial charge < -0.3 is 25.4 Å². The highest BCUT2D eigenvalue weighted by Gasteiger charge is 2.18. The number of hydrogen-bond donors (Lipinski definition) is 3. The molecule has 6 nitrogen and oxygen atoms in total. The zero-order chi connectivity index (χ0) is 17.8. The van der Waals surface area contributed by atoms with Crippen molar-refractivity contribution in [3.8, 4) is 5.75 Å². The van der Waals surface area contributed by atoms with Crippen molar-refractivity contribution in [2.24, 2.45) is 0 Å². The number of aliphatic hydroxyl groups excluding tert-OH is 1. The number of fused-ring (bicyclic) bond motifs is 1. The fourth-order valence-electron chi connectivity index (χ4n) is 2.98. The number of urea groups is 1.